The highest BCUT2D eigenvalue weighted by Gasteiger charge is 2.11. The molecule has 1 aromatic heterocycles. The number of anilines is 1. The molecule has 2 N–H and O–H groups in total. The maximum atomic E-state index is 5.86. The molecule has 0 bridgehead atoms. The Morgan fingerprint density at radius 3 is 2.70 bits per heavy atom. The van der Waals surface area contributed by atoms with Gasteiger partial charge in [-0.1, -0.05) is 28.9 Å². The first-order valence-electron chi connectivity index (χ1n) is 6.09. The first-order chi connectivity index (χ1) is 9.63. The summed E-state index contributed by atoms with van der Waals surface area (Å²) in [4.78, 5) is 4.41. The third kappa shape index (κ3) is 2.44. The third-order valence-electron chi connectivity index (χ3n) is 2.95. The summed E-state index contributed by atoms with van der Waals surface area (Å²) in [6, 6.07) is 13.5. The standard InChI is InChI=1S/C15H12BrN3O/c1-9-3-2-4-10(7-9)14-18-15(20-19-14)11-5-6-12(16)13(17)8-11/h2-8H,17H2,1H3. The Kier molecular flexibility index (Phi) is 3.28. The van der Waals surface area contributed by atoms with Crippen LogP contribution in [-0.4, -0.2) is 10.1 Å². The molecule has 5 heteroatoms. The van der Waals surface area contributed by atoms with Gasteiger partial charge in [0, 0.05) is 21.3 Å². The fraction of sp³-hybridized carbons (Fsp3) is 0.0667. The van der Waals surface area contributed by atoms with Crippen molar-refractivity contribution in [1.82, 2.24) is 10.1 Å². The monoisotopic (exact) mass is 329 g/mol. The van der Waals surface area contributed by atoms with Gasteiger partial charge >= 0.3 is 0 Å². The number of nitrogens with zero attached hydrogens (tertiary/aromatic N) is 2. The van der Waals surface area contributed by atoms with Gasteiger partial charge in [-0.2, -0.15) is 4.98 Å². The molecule has 2 aromatic carbocycles. The highest BCUT2D eigenvalue weighted by molar-refractivity contribution is 9.10. The number of benzene rings is 2. The summed E-state index contributed by atoms with van der Waals surface area (Å²) < 4.78 is 6.15. The molecule has 0 fully saturated rings. The summed E-state index contributed by atoms with van der Waals surface area (Å²) in [6.07, 6.45) is 0. The third-order valence-corrected chi connectivity index (χ3v) is 3.67. The fourth-order valence-corrected chi connectivity index (χ4v) is 2.17. The summed E-state index contributed by atoms with van der Waals surface area (Å²) >= 11 is 3.36. The molecule has 0 radical (unpaired) electrons. The van der Waals surface area contributed by atoms with Gasteiger partial charge in [0.2, 0.25) is 5.82 Å². The van der Waals surface area contributed by atoms with E-state index in [1.54, 1.807) is 6.07 Å². The van der Waals surface area contributed by atoms with Crippen molar-refractivity contribution < 1.29 is 4.52 Å². The van der Waals surface area contributed by atoms with Crippen molar-refractivity contribution in [3.05, 3.63) is 52.5 Å². The van der Waals surface area contributed by atoms with E-state index in [0.717, 1.165) is 21.2 Å². The van der Waals surface area contributed by atoms with Gasteiger partial charge in [-0.3, -0.25) is 0 Å². The Hall–Kier alpha value is -2.14. The number of nitrogen functional groups attached to an aromatic ring is 1. The van der Waals surface area contributed by atoms with Gasteiger partial charge in [0.15, 0.2) is 0 Å². The van der Waals surface area contributed by atoms with E-state index >= 15 is 0 Å². The first kappa shape index (κ1) is 12.9. The molecule has 0 aliphatic carbocycles. The molecule has 3 rings (SSSR count). The van der Waals surface area contributed by atoms with Crippen LogP contribution >= 0.6 is 15.9 Å². The van der Waals surface area contributed by atoms with Crippen molar-refractivity contribution in [2.45, 2.75) is 6.92 Å². The maximum absolute atomic E-state index is 5.86. The number of aryl methyl sites for hydroxylation is 1. The lowest BCUT2D eigenvalue weighted by molar-refractivity contribution is 0.432. The maximum Gasteiger partial charge on any atom is 0.258 e. The van der Waals surface area contributed by atoms with Crippen molar-refractivity contribution in [3.8, 4) is 22.8 Å². The molecule has 0 saturated carbocycles. The van der Waals surface area contributed by atoms with E-state index in [0.29, 0.717) is 17.4 Å². The van der Waals surface area contributed by atoms with Gasteiger partial charge in [-0.15, -0.1) is 0 Å². The molecule has 0 spiro atoms. The van der Waals surface area contributed by atoms with E-state index in [-0.39, 0.29) is 0 Å². The molecule has 0 unspecified atom stereocenters. The molecule has 4 nitrogen and oxygen atoms in total. The van der Waals surface area contributed by atoms with Gasteiger partial charge in [0.1, 0.15) is 0 Å². The summed E-state index contributed by atoms with van der Waals surface area (Å²) in [6.45, 7) is 2.03. The van der Waals surface area contributed by atoms with Crippen LogP contribution in [0.4, 0.5) is 5.69 Å². The smallest absolute Gasteiger partial charge is 0.258 e. The summed E-state index contributed by atoms with van der Waals surface area (Å²) in [5.74, 6) is 1.03. The van der Waals surface area contributed by atoms with Crippen LogP contribution in [0.2, 0.25) is 0 Å². The van der Waals surface area contributed by atoms with E-state index < -0.39 is 0 Å². The largest absolute Gasteiger partial charge is 0.398 e. The lowest BCUT2D eigenvalue weighted by atomic mass is 10.1. The second-order valence-electron chi connectivity index (χ2n) is 4.53. The molecule has 0 saturated heterocycles. The first-order valence-corrected chi connectivity index (χ1v) is 6.89. The quantitative estimate of drug-likeness (QED) is 0.720. The van der Waals surface area contributed by atoms with Crippen molar-refractivity contribution in [3.63, 3.8) is 0 Å². The van der Waals surface area contributed by atoms with Gasteiger partial charge < -0.3 is 10.3 Å². The van der Waals surface area contributed by atoms with Crippen molar-refractivity contribution in [2.24, 2.45) is 0 Å². The molecule has 3 aromatic rings. The van der Waals surface area contributed by atoms with Crippen LogP contribution in [0.3, 0.4) is 0 Å². The number of aromatic nitrogens is 2. The van der Waals surface area contributed by atoms with Crippen molar-refractivity contribution >= 4 is 21.6 Å². The van der Waals surface area contributed by atoms with Crippen LogP contribution in [0.15, 0.2) is 51.5 Å². The minimum atomic E-state index is 0.459. The molecular formula is C15H12BrN3O. The number of hydrogen-bond donors (Lipinski definition) is 1. The Balaban J connectivity index is 1.99. The highest BCUT2D eigenvalue weighted by Crippen LogP contribution is 2.27. The number of nitrogens with two attached hydrogens (primary N) is 1. The summed E-state index contributed by atoms with van der Waals surface area (Å²) in [5.41, 5.74) is 9.39. The Labute approximate surface area is 124 Å². The zero-order chi connectivity index (χ0) is 14.1. The summed E-state index contributed by atoms with van der Waals surface area (Å²) in [5, 5.41) is 4.02. The van der Waals surface area contributed by atoms with E-state index in [4.69, 9.17) is 10.3 Å². The van der Waals surface area contributed by atoms with Crippen LogP contribution in [0, 0.1) is 6.92 Å². The van der Waals surface area contributed by atoms with Crippen LogP contribution in [-0.2, 0) is 0 Å². The highest BCUT2D eigenvalue weighted by atomic mass is 79.9. The van der Waals surface area contributed by atoms with E-state index in [1.807, 2.05) is 43.3 Å². The number of hydrogen-bond acceptors (Lipinski definition) is 4. The predicted molar refractivity (Wildman–Crippen MR) is 82.0 cm³/mol. The zero-order valence-electron chi connectivity index (χ0n) is 10.8. The minimum Gasteiger partial charge on any atom is -0.398 e. The van der Waals surface area contributed by atoms with Crippen LogP contribution < -0.4 is 5.73 Å². The minimum absolute atomic E-state index is 0.459. The molecule has 0 aliphatic heterocycles. The Morgan fingerprint density at radius 1 is 1.10 bits per heavy atom. The molecule has 0 amide bonds. The van der Waals surface area contributed by atoms with Gasteiger partial charge in [0.05, 0.1) is 0 Å². The predicted octanol–water partition coefficient (Wildman–Crippen LogP) is 4.06. The lowest BCUT2D eigenvalue weighted by Gasteiger charge is -1.99. The molecule has 1 heterocycles. The SMILES string of the molecule is Cc1cccc(-c2noc(-c3ccc(Br)c(N)c3)n2)c1. The van der Waals surface area contributed by atoms with Crippen LogP contribution in [0.5, 0.6) is 0 Å². The van der Waals surface area contributed by atoms with Gasteiger partial charge in [0.25, 0.3) is 5.89 Å². The fourth-order valence-electron chi connectivity index (χ4n) is 1.92. The number of halogens is 1. The van der Waals surface area contributed by atoms with Crippen molar-refractivity contribution in [1.29, 1.82) is 0 Å². The normalized spacial score (nSPS) is 10.7. The van der Waals surface area contributed by atoms with E-state index in [1.165, 1.54) is 0 Å². The topological polar surface area (TPSA) is 64.9 Å². The van der Waals surface area contributed by atoms with E-state index in [2.05, 4.69) is 26.1 Å². The summed E-state index contributed by atoms with van der Waals surface area (Å²) in [7, 11) is 0. The Bertz CT molecular complexity index is 767. The second-order valence-corrected chi connectivity index (χ2v) is 5.38. The molecular weight excluding hydrogens is 318 g/mol. The van der Waals surface area contributed by atoms with Crippen LogP contribution in [0.1, 0.15) is 5.56 Å². The second kappa shape index (κ2) is 5.09. The van der Waals surface area contributed by atoms with E-state index in [9.17, 15) is 0 Å². The molecule has 20 heavy (non-hydrogen) atoms. The lowest BCUT2D eigenvalue weighted by Crippen LogP contribution is -1.87. The zero-order valence-corrected chi connectivity index (χ0v) is 12.4. The van der Waals surface area contributed by atoms with Crippen LogP contribution in [0.25, 0.3) is 22.8 Å². The Morgan fingerprint density at radius 2 is 1.95 bits per heavy atom. The molecule has 0 aliphatic rings. The van der Waals surface area contributed by atoms with Gasteiger partial charge in [-0.05, 0) is 47.1 Å². The average molecular weight is 330 g/mol. The average Bonchev–Trinajstić information content (AvgIpc) is 2.92. The molecule has 100 valence electrons. The van der Waals surface area contributed by atoms with Crippen molar-refractivity contribution in [2.75, 3.05) is 5.73 Å². The molecule has 0 atom stereocenters. The number of rotatable bonds is 2. The van der Waals surface area contributed by atoms with Gasteiger partial charge in [-0.25, -0.2) is 0 Å².